The first kappa shape index (κ1) is 14.5. The third-order valence-electron chi connectivity index (χ3n) is 4.25. The minimum absolute atomic E-state index is 0. The molecule has 1 aromatic heterocycles. The normalized spacial score (nSPS) is 22.7. The largest absolute Gasteiger partial charge is 0.317 e. The number of hydrogen-bond acceptors (Lipinski definition) is 3. The van der Waals surface area contributed by atoms with Crippen LogP contribution in [-0.2, 0) is 0 Å². The van der Waals surface area contributed by atoms with Gasteiger partial charge in [-0.25, -0.2) is 4.98 Å². The highest BCUT2D eigenvalue weighted by molar-refractivity contribution is 8.93. The highest BCUT2D eigenvalue weighted by atomic mass is 79.9. The van der Waals surface area contributed by atoms with Crippen molar-refractivity contribution in [3.63, 3.8) is 0 Å². The van der Waals surface area contributed by atoms with Gasteiger partial charge in [-0.15, -0.1) is 28.3 Å². The average molecular weight is 331 g/mol. The molecule has 3 rings (SSSR count). The molecule has 2 nitrogen and oxygen atoms in total. The molecule has 0 bridgehead atoms. The van der Waals surface area contributed by atoms with E-state index in [1.54, 1.807) is 0 Å². The molecule has 2 aliphatic rings. The molecule has 0 spiro atoms. The molecule has 0 atom stereocenters. The van der Waals surface area contributed by atoms with E-state index in [1.165, 1.54) is 68.7 Å². The van der Waals surface area contributed by atoms with Crippen LogP contribution in [0.5, 0.6) is 0 Å². The van der Waals surface area contributed by atoms with Gasteiger partial charge in [0.1, 0.15) is 0 Å². The maximum Gasteiger partial charge on any atom is 0.0960 e. The fourth-order valence-corrected chi connectivity index (χ4v) is 4.22. The maximum atomic E-state index is 4.95. The highest BCUT2D eigenvalue weighted by Gasteiger charge is 2.22. The van der Waals surface area contributed by atoms with Crippen LogP contribution in [0.4, 0.5) is 0 Å². The van der Waals surface area contributed by atoms with Gasteiger partial charge in [0.05, 0.1) is 10.7 Å². The van der Waals surface area contributed by atoms with Crippen LogP contribution in [0.3, 0.4) is 0 Å². The van der Waals surface area contributed by atoms with Crippen molar-refractivity contribution in [3.8, 4) is 0 Å². The third kappa shape index (κ3) is 3.34. The van der Waals surface area contributed by atoms with E-state index >= 15 is 0 Å². The summed E-state index contributed by atoms with van der Waals surface area (Å²) in [6, 6.07) is 0. The number of piperidine rings is 1. The van der Waals surface area contributed by atoms with Gasteiger partial charge >= 0.3 is 0 Å². The summed E-state index contributed by atoms with van der Waals surface area (Å²) in [5, 5.41) is 7.18. The number of rotatable bonds is 2. The second kappa shape index (κ2) is 7.01. The van der Waals surface area contributed by atoms with Crippen molar-refractivity contribution < 1.29 is 0 Å². The zero-order valence-electron chi connectivity index (χ0n) is 10.9. The van der Waals surface area contributed by atoms with E-state index in [9.17, 15) is 0 Å². The molecule has 0 amide bonds. The van der Waals surface area contributed by atoms with Crippen LogP contribution >= 0.6 is 28.3 Å². The second-order valence-corrected chi connectivity index (χ2v) is 6.36. The van der Waals surface area contributed by atoms with Crippen LogP contribution in [0.2, 0.25) is 0 Å². The van der Waals surface area contributed by atoms with Crippen LogP contribution in [0.1, 0.15) is 67.5 Å². The zero-order chi connectivity index (χ0) is 11.5. The van der Waals surface area contributed by atoms with Gasteiger partial charge in [0.15, 0.2) is 0 Å². The molecule has 0 radical (unpaired) electrons. The number of halogens is 1. The molecular weight excluding hydrogens is 308 g/mol. The van der Waals surface area contributed by atoms with E-state index in [0.717, 1.165) is 11.8 Å². The van der Waals surface area contributed by atoms with E-state index < -0.39 is 0 Å². The topological polar surface area (TPSA) is 24.9 Å². The molecule has 1 saturated carbocycles. The number of hydrogen-bond donors (Lipinski definition) is 1. The third-order valence-corrected chi connectivity index (χ3v) is 5.28. The molecule has 1 aliphatic heterocycles. The number of aromatic nitrogens is 1. The summed E-state index contributed by atoms with van der Waals surface area (Å²) in [4.78, 5) is 4.95. The summed E-state index contributed by atoms with van der Waals surface area (Å²) in [6.45, 7) is 2.34. The lowest BCUT2D eigenvalue weighted by atomic mass is 9.87. The first-order chi connectivity index (χ1) is 8.43. The van der Waals surface area contributed by atoms with Crippen molar-refractivity contribution in [1.82, 2.24) is 10.3 Å². The van der Waals surface area contributed by atoms with Gasteiger partial charge in [0.25, 0.3) is 0 Å². The molecule has 18 heavy (non-hydrogen) atoms. The van der Waals surface area contributed by atoms with Crippen molar-refractivity contribution in [2.45, 2.75) is 56.8 Å². The van der Waals surface area contributed by atoms with Crippen molar-refractivity contribution in [2.75, 3.05) is 13.1 Å². The van der Waals surface area contributed by atoms with Gasteiger partial charge < -0.3 is 5.32 Å². The Morgan fingerprint density at radius 1 is 1.00 bits per heavy atom. The monoisotopic (exact) mass is 330 g/mol. The Kier molecular flexibility index (Phi) is 5.64. The summed E-state index contributed by atoms with van der Waals surface area (Å²) >= 11 is 1.91. The first-order valence-electron chi connectivity index (χ1n) is 7.09. The number of thiazole rings is 1. The number of nitrogens with zero attached hydrogens (tertiary/aromatic N) is 1. The van der Waals surface area contributed by atoms with Crippen molar-refractivity contribution >= 4 is 28.3 Å². The SMILES string of the molecule is Br.c1sc(C2CCNCC2)nc1C1CCCCC1. The Bertz CT molecular complexity index is 322. The summed E-state index contributed by atoms with van der Waals surface area (Å²) in [6.07, 6.45) is 9.54. The van der Waals surface area contributed by atoms with E-state index in [1.807, 2.05) is 11.3 Å². The van der Waals surface area contributed by atoms with Crippen LogP contribution in [0, 0.1) is 0 Å². The Labute approximate surface area is 124 Å². The molecule has 1 aliphatic carbocycles. The van der Waals surface area contributed by atoms with Crippen LogP contribution in [0.25, 0.3) is 0 Å². The summed E-state index contributed by atoms with van der Waals surface area (Å²) in [5.41, 5.74) is 1.41. The molecule has 2 fully saturated rings. The smallest absolute Gasteiger partial charge is 0.0960 e. The fourth-order valence-electron chi connectivity index (χ4n) is 3.14. The maximum absolute atomic E-state index is 4.95. The Morgan fingerprint density at radius 2 is 1.72 bits per heavy atom. The van der Waals surface area contributed by atoms with Gasteiger partial charge in [-0.2, -0.15) is 0 Å². The van der Waals surface area contributed by atoms with Crippen LogP contribution < -0.4 is 5.32 Å². The molecule has 102 valence electrons. The zero-order valence-corrected chi connectivity index (χ0v) is 13.4. The molecular formula is C14H23BrN2S. The van der Waals surface area contributed by atoms with Crippen LogP contribution in [0.15, 0.2) is 5.38 Å². The predicted octanol–water partition coefficient (Wildman–Crippen LogP) is 4.24. The minimum Gasteiger partial charge on any atom is -0.317 e. The van der Waals surface area contributed by atoms with E-state index in [-0.39, 0.29) is 17.0 Å². The second-order valence-electron chi connectivity index (χ2n) is 5.47. The summed E-state index contributed by atoms with van der Waals surface area (Å²) < 4.78 is 0. The van der Waals surface area contributed by atoms with Gasteiger partial charge in [0.2, 0.25) is 0 Å². The lowest BCUT2D eigenvalue weighted by molar-refractivity contribution is 0.432. The molecule has 0 aromatic carbocycles. The molecule has 1 saturated heterocycles. The van der Waals surface area contributed by atoms with E-state index in [4.69, 9.17) is 4.98 Å². The van der Waals surface area contributed by atoms with Crippen LogP contribution in [-0.4, -0.2) is 18.1 Å². The Hall–Kier alpha value is 0.0700. The lowest BCUT2D eigenvalue weighted by Gasteiger charge is -2.21. The molecule has 1 N–H and O–H groups in total. The Balaban J connectivity index is 0.00000120. The Morgan fingerprint density at radius 3 is 2.44 bits per heavy atom. The van der Waals surface area contributed by atoms with E-state index in [2.05, 4.69) is 10.7 Å². The molecule has 0 unspecified atom stereocenters. The molecule has 1 aromatic rings. The molecule has 4 heteroatoms. The standard InChI is InChI=1S/C14H22N2S.BrH/c1-2-4-11(5-3-1)13-10-17-14(16-13)12-6-8-15-9-7-12;/h10-12,15H,1-9H2;1H. The predicted molar refractivity (Wildman–Crippen MR) is 83.1 cm³/mol. The highest BCUT2D eigenvalue weighted by Crippen LogP contribution is 2.35. The quantitative estimate of drug-likeness (QED) is 0.877. The van der Waals surface area contributed by atoms with Crippen molar-refractivity contribution in [2.24, 2.45) is 0 Å². The van der Waals surface area contributed by atoms with Crippen molar-refractivity contribution in [1.29, 1.82) is 0 Å². The molecule has 2 heterocycles. The summed E-state index contributed by atoms with van der Waals surface area (Å²) in [7, 11) is 0. The van der Waals surface area contributed by atoms with E-state index in [0.29, 0.717) is 0 Å². The van der Waals surface area contributed by atoms with Gasteiger partial charge in [-0.05, 0) is 38.8 Å². The average Bonchev–Trinajstić information content (AvgIpc) is 2.90. The van der Waals surface area contributed by atoms with Gasteiger partial charge in [0, 0.05) is 17.2 Å². The van der Waals surface area contributed by atoms with Crippen molar-refractivity contribution in [3.05, 3.63) is 16.1 Å². The summed E-state index contributed by atoms with van der Waals surface area (Å²) in [5.74, 6) is 1.51. The lowest BCUT2D eigenvalue weighted by Crippen LogP contribution is -2.26. The van der Waals surface area contributed by atoms with Gasteiger partial charge in [-0.1, -0.05) is 19.3 Å². The first-order valence-corrected chi connectivity index (χ1v) is 7.97. The van der Waals surface area contributed by atoms with Gasteiger partial charge in [-0.3, -0.25) is 0 Å². The fraction of sp³-hybridized carbons (Fsp3) is 0.786. The minimum atomic E-state index is 0. The number of nitrogens with one attached hydrogen (secondary N) is 1.